The van der Waals surface area contributed by atoms with Gasteiger partial charge in [-0.1, -0.05) is 0 Å². The molecule has 27 heavy (non-hydrogen) atoms. The van der Waals surface area contributed by atoms with E-state index in [2.05, 4.69) is 5.10 Å². The number of carboxylic acid groups (broad SMARTS) is 1. The molecule has 0 unspecified atom stereocenters. The van der Waals surface area contributed by atoms with Gasteiger partial charge in [0.25, 0.3) is 0 Å². The predicted octanol–water partition coefficient (Wildman–Crippen LogP) is 1.78. The molecule has 0 spiro atoms. The van der Waals surface area contributed by atoms with E-state index in [1.165, 1.54) is 30.3 Å². The third-order valence-electron chi connectivity index (χ3n) is 4.00. The van der Waals surface area contributed by atoms with E-state index in [1.54, 1.807) is 6.08 Å². The number of aromatic nitrogens is 2. The summed E-state index contributed by atoms with van der Waals surface area (Å²) in [5.41, 5.74) is 2.98. The van der Waals surface area contributed by atoms with Crippen molar-refractivity contribution >= 4 is 27.9 Å². The maximum Gasteiger partial charge on any atom is 0.318 e. The van der Waals surface area contributed by atoms with Crippen molar-refractivity contribution in [2.24, 2.45) is 0 Å². The van der Waals surface area contributed by atoms with E-state index in [9.17, 15) is 18.0 Å². The van der Waals surface area contributed by atoms with Gasteiger partial charge in [0.2, 0.25) is 10.0 Å². The number of hydrogen-bond donors (Lipinski definition) is 2. The summed E-state index contributed by atoms with van der Waals surface area (Å²) >= 11 is 0. The molecule has 9 heteroatoms. The molecule has 0 aliphatic heterocycles. The van der Waals surface area contributed by atoms with Crippen molar-refractivity contribution in [3.05, 3.63) is 52.9 Å². The van der Waals surface area contributed by atoms with Gasteiger partial charge in [0.05, 0.1) is 10.6 Å². The second-order valence-corrected chi connectivity index (χ2v) is 7.61. The van der Waals surface area contributed by atoms with Crippen LogP contribution < -0.4 is 4.72 Å². The summed E-state index contributed by atoms with van der Waals surface area (Å²) in [5, 5.41) is 13.0. The molecule has 0 aliphatic rings. The lowest BCUT2D eigenvalue weighted by molar-refractivity contribution is -0.135. The van der Waals surface area contributed by atoms with Crippen molar-refractivity contribution < 1.29 is 23.1 Å². The molecule has 1 aromatic carbocycles. The number of nitrogens with zero attached hydrogens (tertiary/aromatic N) is 2. The number of aliphatic carboxylic acids is 1. The highest BCUT2D eigenvalue weighted by Crippen LogP contribution is 2.16. The molecular formula is C18H21N3O5S. The number of carboxylic acids is 1. The second-order valence-electron chi connectivity index (χ2n) is 5.84. The quantitative estimate of drug-likeness (QED) is 0.523. The van der Waals surface area contributed by atoms with Crippen molar-refractivity contribution in [2.75, 3.05) is 6.54 Å². The van der Waals surface area contributed by atoms with Gasteiger partial charge < -0.3 is 5.11 Å². The highest BCUT2D eigenvalue weighted by molar-refractivity contribution is 7.89. The van der Waals surface area contributed by atoms with Gasteiger partial charge in [-0.15, -0.1) is 0 Å². The molecule has 2 rings (SSSR count). The summed E-state index contributed by atoms with van der Waals surface area (Å²) in [5.74, 6) is -1.56. The molecule has 0 saturated heterocycles. The van der Waals surface area contributed by atoms with Crippen molar-refractivity contribution in [1.29, 1.82) is 0 Å². The summed E-state index contributed by atoms with van der Waals surface area (Å²) < 4.78 is 27.7. The Morgan fingerprint density at radius 2 is 1.85 bits per heavy atom. The van der Waals surface area contributed by atoms with Crippen LogP contribution in [0, 0.1) is 13.8 Å². The summed E-state index contributed by atoms with van der Waals surface area (Å²) in [6, 6.07) is 5.29. The molecule has 2 N–H and O–H groups in total. The Bertz CT molecular complexity index is 989. The summed E-state index contributed by atoms with van der Waals surface area (Å²) in [7, 11) is -3.94. The smallest absolute Gasteiger partial charge is 0.318 e. The van der Waals surface area contributed by atoms with Gasteiger partial charge in [-0.05, 0) is 57.2 Å². The molecule has 0 saturated carbocycles. The first-order valence-electron chi connectivity index (χ1n) is 8.23. The Labute approximate surface area is 157 Å². The Balaban J connectivity index is 2.16. The van der Waals surface area contributed by atoms with Crippen molar-refractivity contribution in [3.63, 3.8) is 0 Å². The number of benzene rings is 1. The minimum absolute atomic E-state index is 0.111. The van der Waals surface area contributed by atoms with E-state index in [0.717, 1.165) is 23.5 Å². The third-order valence-corrected chi connectivity index (χ3v) is 5.42. The monoisotopic (exact) mass is 391 g/mol. The first-order valence-corrected chi connectivity index (χ1v) is 9.72. The molecule has 144 valence electrons. The number of hydrogen-bond acceptors (Lipinski definition) is 5. The van der Waals surface area contributed by atoms with Gasteiger partial charge in [0.1, 0.15) is 6.54 Å². The Morgan fingerprint density at radius 3 is 2.37 bits per heavy atom. The number of nitrogens with one attached hydrogen (secondary N) is 1. The van der Waals surface area contributed by atoms with E-state index in [0.29, 0.717) is 5.56 Å². The highest BCUT2D eigenvalue weighted by atomic mass is 32.2. The van der Waals surface area contributed by atoms with Gasteiger partial charge in [-0.2, -0.15) is 9.82 Å². The molecule has 0 radical (unpaired) electrons. The van der Waals surface area contributed by atoms with Crippen LogP contribution in [0.25, 0.3) is 6.08 Å². The van der Waals surface area contributed by atoms with Crippen LogP contribution in [-0.2, 0) is 21.4 Å². The molecule has 8 nitrogen and oxygen atoms in total. The third kappa shape index (κ3) is 4.89. The predicted molar refractivity (Wildman–Crippen MR) is 100 cm³/mol. The standard InChI is InChI=1S/C18H21N3O5S/c1-4-21-13(3)16(12(2)20-21)9-10-17(22)14-5-7-15(8-6-14)27(25,26)19-11-18(23)24/h5-10,19H,4,11H2,1-3H3,(H,23,24)/b10-9+. The Morgan fingerprint density at radius 1 is 1.22 bits per heavy atom. The van der Waals surface area contributed by atoms with Crippen LogP contribution in [0.1, 0.15) is 34.2 Å². The van der Waals surface area contributed by atoms with Crippen LogP contribution in [0.4, 0.5) is 0 Å². The zero-order chi connectivity index (χ0) is 20.2. The summed E-state index contributed by atoms with van der Waals surface area (Å²) in [4.78, 5) is 22.7. The van der Waals surface area contributed by atoms with Gasteiger partial charge in [-0.3, -0.25) is 14.3 Å². The first kappa shape index (κ1) is 20.5. The summed E-state index contributed by atoms with van der Waals surface area (Å²) in [6.07, 6.45) is 3.12. The molecule has 1 heterocycles. The zero-order valence-electron chi connectivity index (χ0n) is 15.3. The van der Waals surface area contributed by atoms with Gasteiger partial charge in [0, 0.05) is 23.4 Å². The largest absolute Gasteiger partial charge is 0.480 e. The number of sulfonamides is 1. The van der Waals surface area contributed by atoms with Crippen LogP contribution >= 0.6 is 0 Å². The second kappa shape index (κ2) is 8.28. The van der Waals surface area contributed by atoms with E-state index in [1.807, 2.05) is 30.2 Å². The molecule has 1 aromatic heterocycles. The van der Waals surface area contributed by atoms with Gasteiger partial charge in [-0.25, -0.2) is 8.42 Å². The number of rotatable bonds is 8. The van der Waals surface area contributed by atoms with E-state index in [-0.39, 0.29) is 10.7 Å². The molecule has 0 fully saturated rings. The average molecular weight is 391 g/mol. The Kier molecular flexibility index (Phi) is 6.29. The van der Waals surface area contributed by atoms with Crippen LogP contribution in [0.5, 0.6) is 0 Å². The average Bonchev–Trinajstić information content (AvgIpc) is 2.91. The van der Waals surface area contributed by atoms with Crippen molar-refractivity contribution in [2.45, 2.75) is 32.2 Å². The minimum Gasteiger partial charge on any atom is -0.480 e. The maximum absolute atomic E-state index is 12.3. The van der Waals surface area contributed by atoms with Crippen LogP contribution in [0.15, 0.2) is 35.2 Å². The molecule has 0 aliphatic carbocycles. The van der Waals surface area contributed by atoms with Crippen molar-refractivity contribution in [1.82, 2.24) is 14.5 Å². The Hall–Kier alpha value is -2.78. The van der Waals surface area contributed by atoms with Crippen molar-refractivity contribution in [3.8, 4) is 0 Å². The molecule has 2 aromatic rings. The van der Waals surface area contributed by atoms with Crippen LogP contribution in [-0.4, -0.2) is 41.6 Å². The highest BCUT2D eigenvalue weighted by Gasteiger charge is 2.16. The topological polar surface area (TPSA) is 118 Å². The van der Waals surface area contributed by atoms with E-state index < -0.39 is 22.5 Å². The number of aryl methyl sites for hydroxylation is 2. The zero-order valence-corrected chi connectivity index (χ0v) is 16.1. The van der Waals surface area contributed by atoms with E-state index in [4.69, 9.17) is 5.11 Å². The summed E-state index contributed by atoms with van der Waals surface area (Å²) in [6.45, 7) is 5.81. The number of allylic oxidation sites excluding steroid dienone is 1. The fourth-order valence-corrected chi connectivity index (χ4v) is 3.53. The molecular weight excluding hydrogens is 370 g/mol. The van der Waals surface area contributed by atoms with Crippen LogP contribution in [0.3, 0.4) is 0 Å². The van der Waals surface area contributed by atoms with Gasteiger partial charge >= 0.3 is 5.97 Å². The fourth-order valence-electron chi connectivity index (χ4n) is 2.55. The molecule has 0 atom stereocenters. The first-order chi connectivity index (χ1) is 12.7. The number of ketones is 1. The normalized spacial score (nSPS) is 11.8. The van der Waals surface area contributed by atoms with Gasteiger partial charge in [0.15, 0.2) is 5.78 Å². The number of carbonyl (C=O) groups is 2. The lowest BCUT2D eigenvalue weighted by Crippen LogP contribution is -2.29. The molecule has 0 bridgehead atoms. The van der Waals surface area contributed by atoms with Crippen LogP contribution in [0.2, 0.25) is 0 Å². The number of carbonyl (C=O) groups excluding carboxylic acids is 1. The molecule has 0 amide bonds. The fraction of sp³-hybridized carbons (Fsp3) is 0.278. The lowest BCUT2D eigenvalue weighted by Gasteiger charge is -2.05. The van der Waals surface area contributed by atoms with E-state index >= 15 is 0 Å². The minimum atomic E-state index is -3.94. The maximum atomic E-state index is 12.3. The lowest BCUT2D eigenvalue weighted by atomic mass is 10.1. The SMILES string of the molecule is CCn1nc(C)c(/C=C/C(=O)c2ccc(S(=O)(=O)NCC(=O)O)cc2)c1C.